The lowest BCUT2D eigenvalue weighted by Gasteiger charge is -2.36. The third-order valence-electron chi connectivity index (χ3n) is 4.47. The quantitative estimate of drug-likeness (QED) is 0.865. The average Bonchev–Trinajstić information content (AvgIpc) is 2.61. The molecular formula is C14H21N3. The Morgan fingerprint density at radius 3 is 2.53 bits per heavy atom. The lowest BCUT2D eigenvalue weighted by molar-refractivity contribution is 0.139. The smallest absolute Gasteiger partial charge is 0.0371 e. The number of nitrogens with one attached hydrogen (secondary N) is 1. The maximum absolute atomic E-state index is 4.04. The van der Waals surface area contributed by atoms with Gasteiger partial charge in [0.25, 0.3) is 0 Å². The van der Waals surface area contributed by atoms with Gasteiger partial charge in [0.2, 0.25) is 0 Å². The lowest BCUT2D eigenvalue weighted by atomic mass is 9.91. The van der Waals surface area contributed by atoms with Gasteiger partial charge in [0.15, 0.2) is 0 Å². The fourth-order valence-corrected chi connectivity index (χ4v) is 3.42. The Morgan fingerprint density at radius 1 is 1.24 bits per heavy atom. The first kappa shape index (κ1) is 11.0. The first-order valence-corrected chi connectivity index (χ1v) is 6.69. The van der Waals surface area contributed by atoms with Gasteiger partial charge in [0, 0.05) is 36.7 Å². The molecule has 0 saturated carbocycles. The molecular weight excluding hydrogens is 210 g/mol. The van der Waals surface area contributed by atoms with Crippen LogP contribution in [-0.4, -0.2) is 35.6 Å². The predicted octanol–water partition coefficient (Wildman–Crippen LogP) is 2.37. The maximum Gasteiger partial charge on any atom is 0.0371 e. The number of rotatable bonds is 3. The van der Waals surface area contributed by atoms with Crippen LogP contribution in [0.25, 0.3) is 0 Å². The molecule has 3 nitrogen and oxygen atoms in total. The molecule has 2 aliphatic rings. The Balaban J connectivity index is 1.54. The highest BCUT2D eigenvalue weighted by Gasteiger charge is 2.37. The van der Waals surface area contributed by atoms with E-state index in [4.69, 9.17) is 0 Å². The Kier molecular flexibility index (Phi) is 3.02. The van der Waals surface area contributed by atoms with E-state index in [-0.39, 0.29) is 0 Å². The van der Waals surface area contributed by atoms with Crippen molar-refractivity contribution in [2.24, 2.45) is 5.92 Å². The molecule has 0 radical (unpaired) electrons. The van der Waals surface area contributed by atoms with Crippen LogP contribution in [0.3, 0.4) is 0 Å². The molecule has 2 fully saturated rings. The molecule has 1 aromatic heterocycles. The number of aromatic nitrogens is 1. The third kappa shape index (κ3) is 2.29. The molecule has 1 aromatic rings. The summed E-state index contributed by atoms with van der Waals surface area (Å²) in [7, 11) is 2.30. The van der Waals surface area contributed by atoms with Crippen LogP contribution < -0.4 is 5.32 Å². The Morgan fingerprint density at radius 2 is 1.88 bits per heavy atom. The van der Waals surface area contributed by atoms with Crippen LogP contribution in [0.5, 0.6) is 0 Å². The molecule has 0 spiro atoms. The van der Waals surface area contributed by atoms with Crippen LogP contribution in [0.1, 0.15) is 25.7 Å². The number of fused-ring (bicyclic) bond motifs is 2. The molecule has 2 aliphatic heterocycles. The van der Waals surface area contributed by atoms with Crippen molar-refractivity contribution in [1.82, 2.24) is 9.88 Å². The molecule has 0 amide bonds. The summed E-state index contributed by atoms with van der Waals surface area (Å²) in [5, 5.41) is 3.54. The van der Waals surface area contributed by atoms with Gasteiger partial charge in [0.05, 0.1) is 0 Å². The fraction of sp³-hybridized carbons (Fsp3) is 0.643. The Bertz CT molecular complexity index is 351. The molecule has 2 bridgehead atoms. The zero-order chi connectivity index (χ0) is 11.7. The van der Waals surface area contributed by atoms with Gasteiger partial charge in [-0.3, -0.25) is 4.98 Å². The highest BCUT2D eigenvalue weighted by atomic mass is 15.2. The van der Waals surface area contributed by atoms with E-state index in [2.05, 4.69) is 22.2 Å². The number of piperidine rings is 1. The third-order valence-corrected chi connectivity index (χ3v) is 4.47. The van der Waals surface area contributed by atoms with Crippen molar-refractivity contribution in [1.29, 1.82) is 0 Å². The van der Waals surface area contributed by atoms with Crippen molar-refractivity contribution in [3.8, 4) is 0 Å². The minimum absolute atomic E-state index is 0.844. The number of nitrogens with zero attached hydrogens (tertiary/aromatic N) is 2. The second-order valence-electron chi connectivity index (χ2n) is 5.50. The van der Waals surface area contributed by atoms with Gasteiger partial charge < -0.3 is 10.2 Å². The van der Waals surface area contributed by atoms with Crippen LogP contribution in [0.15, 0.2) is 24.5 Å². The highest BCUT2D eigenvalue weighted by Crippen LogP contribution is 2.37. The van der Waals surface area contributed by atoms with Gasteiger partial charge in [0.1, 0.15) is 0 Å². The summed E-state index contributed by atoms with van der Waals surface area (Å²) >= 11 is 0. The molecule has 0 aliphatic carbocycles. The normalized spacial score (nSPS) is 32.6. The largest absolute Gasteiger partial charge is 0.385 e. The van der Waals surface area contributed by atoms with Crippen molar-refractivity contribution >= 4 is 5.69 Å². The molecule has 3 heteroatoms. The second kappa shape index (κ2) is 4.65. The van der Waals surface area contributed by atoms with Crippen molar-refractivity contribution in [3.63, 3.8) is 0 Å². The molecule has 92 valence electrons. The fourth-order valence-electron chi connectivity index (χ4n) is 3.42. The zero-order valence-corrected chi connectivity index (χ0v) is 10.5. The summed E-state index contributed by atoms with van der Waals surface area (Å²) in [6.07, 6.45) is 9.25. The molecule has 2 atom stereocenters. The van der Waals surface area contributed by atoms with Crippen LogP contribution >= 0.6 is 0 Å². The summed E-state index contributed by atoms with van der Waals surface area (Å²) in [5.74, 6) is 0.844. The summed E-state index contributed by atoms with van der Waals surface area (Å²) in [6.45, 7) is 1.12. The molecule has 17 heavy (non-hydrogen) atoms. The van der Waals surface area contributed by atoms with Crippen LogP contribution in [0.2, 0.25) is 0 Å². The zero-order valence-electron chi connectivity index (χ0n) is 10.5. The maximum atomic E-state index is 4.04. The van der Waals surface area contributed by atoms with E-state index in [0.29, 0.717) is 0 Å². The van der Waals surface area contributed by atoms with E-state index >= 15 is 0 Å². The Labute approximate surface area is 103 Å². The van der Waals surface area contributed by atoms with E-state index in [1.807, 2.05) is 24.5 Å². The van der Waals surface area contributed by atoms with Gasteiger partial charge in [-0.1, -0.05) is 0 Å². The van der Waals surface area contributed by atoms with E-state index < -0.39 is 0 Å². The summed E-state index contributed by atoms with van der Waals surface area (Å²) in [4.78, 5) is 6.64. The lowest BCUT2D eigenvalue weighted by Crippen LogP contribution is -2.41. The van der Waals surface area contributed by atoms with Crippen molar-refractivity contribution in [2.45, 2.75) is 37.8 Å². The van der Waals surface area contributed by atoms with E-state index in [1.165, 1.54) is 31.4 Å². The molecule has 2 saturated heterocycles. The molecule has 3 heterocycles. The van der Waals surface area contributed by atoms with Crippen LogP contribution in [0.4, 0.5) is 5.69 Å². The van der Waals surface area contributed by atoms with Gasteiger partial charge >= 0.3 is 0 Å². The van der Waals surface area contributed by atoms with E-state index in [9.17, 15) is 0 Å². The average molecular weight is 231 g/mol. The van der Waals surface area contributed by atoms with Crippen molar-refractivity contribution in [2.75, 3.05) is 18.9 Å². The van der Waals surface area contributed by atoms with E-state index in [0.717, 1.165) is 24.5 Å². The monoisotopic (exact) mass is 231 g/mol. The number of pyridine rings is 1. The molecule has 1 N–H and O–H groups in total. The predicted molar refractivity (Wildman–Crippen MR) is 70.0 cm³/mol. The van der Waals surface area contributed by atoms with Gasteiger partial charge in [-0.05, 0) is 50.8 Å². The van der Waals surface area contributed by atoms with Crippen LogP contribution in [-0.2, 0) is 0 Å². The number of hydrogen-bond donors (Lipinski definition) is 1. The molecule has 3 rings (SSSR count). The molecule has 2 unspecified atom stereocenters. The second-order valence-corrected chi connectivity index (χ2v) is 5.50. The SMILES string of the molecule is CN1C2CCC1CC(CNc1ccncc1)C2. The first-order valence-electron chi connectivity index (χ1n) is 6.69. The van der Waals surface area contributed by atoms with Crippen molar-refractivity contribution in [3.05, 3.63) is 24.5 Å². The van der Waals surface area contributed by atoms with Crippen LogP contribution in [0, 0.1) is 5.92 Å². The van der Waals surface area contributed by atoms with Gasteiger partial charge in [-0.15, -0.1) is 0 Å². The van der Waals surface area contributed by atoms with Gasteiger partial charge in [-0.25, -0.2) is 0 Å². The minimum atomic E-state index is 0.844. The summed E-state index contributed by atoms with van der Waals surface area (Å²) in [5.41, 5.74) is 1.20. The minimum Gasteiger partial charge on any atom is -0.385 e. The highest BCUT2D eigenvalue weighted by molar-refractivity contribution is 5.40. The summed E-state index contributed by atoms with van der Waals surface area (Å²) < 4.78 is 0. The number of hydrogen-bond acceptors (Lipinski definition) is 3. The molecule has 0 aromatic carbocycles. The first-order chi connectivity index (χ1) is 8.33. The Hall–Kier alpha value is -1.09. The summed E-state index contributed by atoms with van der Waals surface area (Å²) in [6, 6.07) is 5.78. The topological polar surface area (TPSA) is 28.2 Å². The number of anilines is 1. The van der Waals surface area contributed by atoms with Crippen molar-refractivity contribution < 1.29 is 0 Å². The standard InChI is InChI=1S/C14H21N3/c1-17-13-2-3-14(17)9-11(8-13)10-16-12-4-6-15-7-5-12/h4-7,11,13-14H,2-3,8-10H2,1H3,(H,15,16). The van der Waals surface area contributed by atoms with E-state index in [1.54, 1.807) is 0 Å². The van der Waals surface area contributed by atoms with Gasteiger partial charge in [-0.2, -0.15) is 0 Å².